The maximum atomic E-state index is 13.0. The monoisotopic (exact) mass is 440 g/mol. The number of nitrogens with zero attached hydrogens (tertiary/aromatic N) is 4. The first-order chi connectivity index (χ1) is 14.1. The number of hydrogen-bond donors (Lipinski definition) is 0. The van der Waals surface area contributed by atoms with Crippen LogP contribution in [0.5, 0.6) is 0 Å². The first-order valence-corrected chi connectivity index (χ1v) is 9.92. The van der Waals surface area contributed by atoms with E-state index < -0.39 is 18.3 Å². The fourth-order valence-electron chi connectivity index (χ4n) is 4.08. The van der Waals surface area contributed by atoms with Gasteiger partial charge in [0.05, 0.1) is 18.4 Å². The van der Waals surface area contributed by atoms with E-state index in [1.807, 2.05) is 12.1 Å². The van der Waals surface area contributed by atoms with Gasteiger partial charge >= 0.3 is 6.18 Å². The Labute approximate surface area is 175 Å². The number of carbonyl (C=O) groups is 1. The average molecular weight is 441 g/mol. The molecule has 0 spiro atoms. The highest BCUT2D eigenvalue weighted by Gasteiger charge is 2.36. The third-order valence-corrected chi connectivity index (χ3v) is 6.15. The molecule has 0 unspecified atom stereocenters. The van der Waals surface area contributed by atoms with Crippen LogP contribution in [0.15, 0.2) is 29.3 Å². The molecule has 30 heavy (non-hydrogen) atoms. The van der Waals surface area contributed by atoms with E-state index in [1.54, 1.807) is 19.3 Å². The van der Waals surface area contributed by atoms with Gasteiger partial charge in [-0.1, -0.05) is 11.6 Å². The van der Waals surface area contributed by atoms with Crippen LogP contribution in [0.2, 0.25) is 5.02 Å². The second kappa shape index (κ2) is 7.61. The summed E-state index contributed by atoms with van der Waals surface area (Å²) in [4.78, 5) is 32.8. The van der Waals surface area contributed by atoms with Gasteiger partial charge in [0.1, 0.15) is 11.6 Å². The molecule has 1 amide bonds. The lowest BCUT2D eigenvalue weighted by molar-refractivity contribution is -0.141. The van der Waals surface area contributed by atoms with E-state index in [0.29, 0.717) is 22.1 Å². The van der Waals surface area contributed by atoms with E-state index in [0.717, 1.165) is 18.8 Å². The van der Waals surface area contributed by atoms with Gasteiger partial charge in [-0.15, -0.1) is 0 Å². The Morgan fingerprint density at radius 2 is 2.03 bits per heavy atom. The van der Waals surface area contributed by atoms with Crippen molar-refractivity contribution in [3.8, 4) is 0 Å². The molecule has 1 fully saturated rings. The molecular weight excluding hydrogens is 421 g/mol. The number of pyridine rings is 2. The van der Waals surface area contributed by atoms with Crippen molar-refractivity contribution >= 4 is 23.2 Å². The summed E-state index contributed by atoms with van der Waals surface area (Å²) in [6, 6.07) is 3.80. The van der Waals surface area contributed by atoms with Gasteiger partial charge < -0.3 is 14.4 Å². The maximum absolute atomic E-state index is 13.0. The summed E-state index contributed by atoms with van der Waals surface area (Å²) in [6.45, 7) is 1.78. The zero-order valence-corrected chi connectivity index (χ0v) is 17.0. The molecule has 10 heteroatoms. The van der Waals surface area contributed by atoms with Gasteiger partial charge in [0, 0.05) is 43.9 Å². The molecule has 4 heterocycles. The van der Waals surface area contributed by atoms with E-state index >= 15 is 0 Å². The smallest absolute Gasteiger partial charge is 0.370 e. The van der Waals surface area contributed by atoms with Crippen LogP contribution < -0.4 is 10.5 Å². The molecule has 0 bridgehead atoms. The molecule has 0 radical (unpaired) electrons. The minimum atomic E-state index is -4.56. The Morgan fingerprint density at radius 3 is 2.67 bits per heavy atom. The number of rotatable bonds is 4. The van der Waals surface area contributed by atoms with Crippen molar-refractivity contribution in [2.45, 2.75) is 39.2 Å². The fraction of sp³-hybridized carbons (Fsp3) is 0.450. The molecule has 0 aromatic carbocycles. The van der Waals surface area contributed by atoms with Crippen molar-refractivity contribution in [1.82, 2.24) is 14.5 Å². The summed E-state index contributed by atoms with van der Waals surface area (Å²) < 4.78 is 39.6. The van der Waals surface area contributed by atoms with Crippen molar-refractivity contribution < 1.29 is 18.0 Å². The van der Waals surface area contributed by atoms with Crippen LogP contribution in [0.4, 0.5) is 18.9 Å². The van der Waals surface area contributed by atoms with E-state index in [1.165, 1.54) is 4.90 Å². The zero-order valence-electron chi connectivity index (χ0n) is 16.2. The van der Waals surface area contributed by atoms with Crippen molar-refractivity contribution in [1.29, 1.82) is 0 Å². The standard InChI is InChI=1S/C20H20ClF3N4O2/c1-12-15-9-27(10-16(15)28(11-20(22,23)24)19(30)18(12)21)17(29)5-13-7-26(8-13)14-3-2-4-25-6-14/h2-4,6,13H,5,7-11H2,1H3. The highest BCUT2D eigenvalue weighted by molar-refractivity contribution is 6.31. The third kappa shape index (κ3) is 3.90. The molecular formula is C20H20ClF3N4O2. The average Bonchev–Trinajstić information content (AvgIpc) is 3.11. The summed E-state index contributed by atoms with van der Waals surface area (Å²) in [5.41, 5.74) is 1.32. The number of fused-ring (bicyclic) bond motifs is 1. The summed E-state index contributed by atoms with van der Waals surface area (Å²) >= 11 is 6.00. The molecule has 160 valence electrons. The Balaban J connectivity index is 1.45. The summed E-state index contributed by atoms with van der Waals surface area (Å²) in [5, 5.41) is -0.224. The topological polar surface area (TPSA) is 58.4 Å². The molecule has 2 aromatic rings. The predicted molar refractivity (Wildman–Crippen MR) is 105 cm³/mol. The fourth-order valence-corrected chi connectivity index (χ4v) is 4.30. The molecule has 6 nitrogen and oxygen atoms in total. The van der Waals surface area contributed by atoms with Gasteiger partial charge in [-0.3, -0.25) is 14.6 Å². The lowest BCUT2D eigenvalue weighted by Crippen LogP contribution is -2.48. The molecule has 2 aliphatic rings. The summed E-state index contributed by atoms with van der Waals surface area (Å²) in [5.74, 6) is 0.0343. The van der Waals surface area contributed by atoms with Crippen LogP contribution in [-0.4, -0.2) is 39.6 Å². The van der Waals surface area contributed by atoms with Crippen LogP contribution >= 0.6 is 11.6 Å². The van der Waals surface area contributed by atoms with Crippen LogP contribution in [0.25, 0.3) is 0 Å². The molecule has 0 atom stereocenters. The quantitative estimate of drug-likeness (QED) is 0.733. The van der Waals surface area contributed by atoms with Gasteiger partial charge in [-0.25, -0.2) is 0 Å². The number of anilines is 1. The highest BCUT2D eigenvalue weighted by atomic mass is 35.5. The van der Waals surface area contributed by atoms with Gasteiger partial charge in [0.2, 0.25) is 5.91 Å². The lowest BCUT2D eigenvalue weighted by atomic mass is 9.95. The van der Waals surface area contributed by atoms with Crippen molar-refractivity contribution in [3.05, 3.63) is 56.7 Å². The molecule has 2 aliphatic heterocycles. The van der Waals surface area contributed by atoms with E-state index in [9.17, 15) is 22.8 Å². The summed E-state index contributed by atoms with van der Waals surface area (Å²) in [7, 11) is 0. The highest BCUT2D eigenvalue weighted by Crippen LogP contribution is 2.32. The number of amides is 1. The number of alkyl halides is 3. The first kappa shape index (κ1) is 20.7. The number of halogens is 4. The normalized spacial score (nSPS) is 16.6. The minimum Gasteiger partial charge on any atom is -0.370 e. The Hall–Kier alpha value is -2.55. The number of carbonyl (C=O) groups excluding carboxylic acids is 1. The molecule has 0 saturated carbocycles. The van der Waals surface area contributed by atoms with Crippen molar-refractivity contribution in [3.63, 3.8) is 0 Å². The predicted octanol–water partition coefficient (Wildman–Crippen LogP) is 3.14. The minimum absolute atomic E-state index is 0.0173. The Morgan fingerprint density at radius 1 is 1.30 bits per heavy atom. The van der Waals surface area contributed by atoms with E-state index in [2.05, 4.69) is 9.88 Å². The molecule has 1 saturated heterocycles. The molecule has 0 aliphatic carbocycles. The van der Waals surface area contributed by atoms with Crippen molar-refractivity contribution in [2.75, 3.05) is 18.0 Å². The second-order valence-corrected chi connectivity index (χ2v) is 8.18. The molecule has 4 rings (SSSR count). The van der Waals surface area contributed by atoms with Gasteiger partial charge in [0.15, 0.2) is 0 Å². The largest absolute Gasteiger partial charge is 0.406 e. The van der Waals surface area contributed by atoms with E-state index in [4.69, 9.17) is 11.6 Å². The SMILES string of the molecule is Cc1c2c(n(CC(F)(F)F)c(=O)c1Cl)CN(C(=O)CC1CN(c3cccnc3)C1)C2. The van der Waals surface area contributed by atoms with Crippen LogP contribution in [-0.2, 0) is 24.4 Å². The van der Waals surface area contributed by atoms with E-state index in [-0.39, 0.29) is 35.6 Å². The third-order valence-electron chi connectivity index (χ3n) is 5.70. The number of aromatic nitrogens is 2. The van der Waals surface area contributed by atoms with Gasteiger partial charge in [-0.2, -0.15) is 13.2 Å². The van der Waals surface area contributed by atoms with Crippen LogP contribution in [0, 0.1) is 12.8 Å². The maximum Gasteiger partial charge on any atom is 0.406 e. The van der Waals surface area contributed by atoms with Crippen molar-refractivity contribution in [2.24, 2.45) is 5.92 Å². The number of hydrogen-bond acceptors (Lipinski definition) is 4. The van der Waals surface area contributed by atoms with Crippen LogP contribution in [0.1, 0.15) is 23.2 Å². The first-order valence-electron chi connectivity index (χ1n) is 9.54. The van der Waals surface area contributed by atoms with Gasteiger partial charge in [-0.05, 0) is 30.2 Å². The molecule has 2 aromatic heterocycles. The Kier molecular flexibility index (Phi) is 5.25. The van der Waals surface area contributed by atoms with Gasteiger partial charge in [0.25, 0.3) is 5.56 Å². The van der Waals surface area contributed by atoms with Crippen LogP contribution in [0.3, 0.4) is 0 Å². The lowest BCUT2D eigenvalue weighted by Gasteiger charge is -2.41. The summed E-state index contributed by atoms with van der Waals surface area (Å²) in [6.07, 6.45) is -0.792. The Bertz CT molecular complexity index is 1030. The second-order valence-electron chi connectivity index (χ2n) is 7.81. The molecule has 0 N–H and O–H groups in total. The zero-order chi connectivity index (χ0) is 21.6.